The number of likely N-dealkylation sites (tertiary alicyclic amines) is 1. The molecular formula is C20H23BrN2O6. The Kier molecular flexibility index (Phi) is 5.88. The summed E-state index contributed by atoms with van der Waals surface area (Å²) in [5.74, 6) is -0.0519. The molecule has 2 aromatic rings. The molecule has 0 saturated carbocycles. The number of nitrogens with zero attached hydrogens (tertiary/aromatic N) is 2. The molecule has 1 fully saturated rings. The van der Waals surface area contributed by atoms with E-state index in [2.05, 4.69) is 20.9 Å². The number of rotatable bonds is 4. The summed E-state index contributed by atoms with van der Waals surface area (Å²) in [5.41, 5.74) is -0.721. The van der Waals surface area contributed by atoms with Crippen molar-refractivity contribution in [2.45, 2.75) is 44.9 Å². The van der Waals surface area contributed by atoms with Gasteiger partial charge in [0.05, 0.1) is 18.1 Å². The quantitative estimate of drug-likeness (QED) is 0.730. The van der Waals surface area contributed by atoms with Crippen LogP contribution in [0.2, 0.25) is 0 Å². The number of carbonyl (C=O) groups is 2. The highest BCUT2D eigenvalue weighted by Crippen LogP contribution is 2.37. The fourth-order valence-corrected chi connectivity index (χ4v) is 3.86. The highest BCUT2D eigenvalue weighted by atomic mass is 79.9. The summed E-state index contributed by atoms with van der Waals surface area (Å²) in [6, 6.07) is 4.44. The molecule has 1 N–H and O–H groups in total. The topological polar surface area (TPSA) is 98.2 Å². The van der Waals surface area contributed by atoms with Gasteiger partial charge in [-0.2, -0.15) is 0 Å². The van der Waals surface area contributed by atoms with E-state index in [1.165, 1.54) is 4.90 Å². The van der Waals surface area contributed by atoms with E-state index < -0.39 is 29.8 Å². The van der Waals surface area contributed by atoms with Crippen LogP contribution in [0.4, 0.5) is 4.79 Å². The molecule has 2 heterocycles. The summed E-state index contributed by atoms with van der Waals surface area (Å²) in [7, 11) is 1.58. The third kappa shape index (κ3) is 4.55. The highest BCUT2D eigenvalue weighted by molar-refractivity contribution is 9.10. The van der Waals surface area contributed by atoms with Crippen LogP contribution < -0.4 is 9.47 Å². The van der Waals surface area contributed by atoms with Gasteiger partial charge < -0.3 is 19.3 Å². The van der Waals surface area contributed by atoms with Crippen LogP contribution in [0.3, 0.4) is 0 Å². The smallest absolute Gasteiger partial charge is 0.411 e. The standard InChI is InChI=1S/C20H23BrN2O6/c1-20(2,3)29-19(26)23-10-11(9-14(23)18(24)25)28-17-13-5-6-15(27-4)16(21)12(13)7-8-22-17/h5-8,11,14H,9-10H2,1-4H3,(H,24,25)/t11-,14+/m1/s1. The Labute approximate surface area is 176 Å². The van der Waals surface area contributed by atoms with Gasteiger partial charge in [-0.1, -0.05) is 0 Å². The van der Waals surface area contributed by atoms with E-state index in [1.807, 2.05) is 12.1 Å². The van der Waals surface area contributed by atoms with Gasteiger partial charge in [0.2, 0.25) is 5.88 Å². The largest absolute Gasteiger partial charge is 0.496 e. The fourth-order valence-electron chi connectivity index (χ4n) is 3.22. The molecule has 0 unspecified atom stereocenters. The molecule has 156 valence electrons. The van der Waals surface area contributed by atoms with Crippen molar-refractivity contribution in [1.82, 2.24) is 9.88 Å². The number of benzene rings is 1. The maximum atomic E-state index is 12.5. The number of carbonyl (C=O) groups excluding carboxylic acids is 1. The van der Waals surface area contributed by atoms with Gasteiger partial charge in [0.15, 0.2) is 0 Å². The molecular weight excluding hydrogens is 444 g/mol. The van der Waals surface area contributed by atoms with Crippen LogP contribution in [0.15, 0.2) is 28.9 Å². The summed E-state index contributed by atoms with van der Waals surface area (Å²) >= 11 is 3.52. The number of aromatic nitrogens is 1. The van der Waals surface area contributed by atoms with Crippen molar-refractivity contribution in [1.29, 1.82) is 0 Å². The maximum Gasteiger partial charge on any atom is 0.411 e. The number of methoxy groups -OCH3 is 1. The van der Waals surface area contributed by atoms with Gasteiger partial charge in [0.25, 0.3) is 0 Å². The zero-order valence-corrected chi connectivity index (χ0v) is 18.2. The Balaban J connectivity index is 1.85. The molecule has 29 heavy (non-hydrogen) atoms. The second-order valence-corrected chi connectivity index (χ2v) is 8.55. The van der Waals surface area contributed by atoms with Crippen LogP contribution >= 0.6 is 15.9 Å². The van der Waals surface area contributed by atoms with Crippen LogP contribution in [0, 0.1) is 0 Å². The number of hydrogen-bond acceptors (Lipinski definition) is 6. The van der Waals surface area contributed by atoms with E-state index in [4.69, 9.17) is 14.2 Å². The zero-order chi connectivity index (χ0) is 21.3. The SMILES string of the molecule is COc1ccc2c(O[C@@H]3C[C@@H](C(=O)O)N(C(=O)OC(C)(C)C)C3)nccc2c1Br. The molecule has 2 atom stereocenters. The van der Waals surface area contributed by atoms with Crippen molar-refractivity contribution in [3.63, 3.8) is 0 Å². The molecule has 9 heteroatoms. The van der Waals surface area contributed by atoms with Crippen LogP contribution in [0.25, 0.3) is 10.8 Å². The van der Waals surface area contributed by atoms with E-state index in [0.29, 0.717) is 11.6 Å². The van der Waals surface area contributed by atoms with Gasteiger partial charge in [-0.05, 0) is 54.9 Å². The molecule has 1 aliphatic rings. The average molecular weight is 467 g/mol. The minimum atomic E-state index is -1.10. The second kappa shape index (κ2) is 8.06. The lowest BCUT2D eigenvalue weighted by Crippen LogP contribution is -2.43. The number of hydrogen-bond donors (Lipinski definition) is 1. The number of carboxylic acids is 1. The van der Waals surface area contributed by atoms with E-state index in [1.54, 1.807) is 40.1 Å². The normalized spacial score (nSPS) is 19.3. The number of amides is 1. The first-order valence-electron chi connectivity index (χ1n) is 9.11. The second-order valence-electron chi connectivity index (χ2n) is 7.76. The average Bonchev–Trinajstić information content (AvgIpc) is 3.06. The first-order chi connectivity index (χ1) is 13.6. The molecule has 0 spiro atoms. The Bertz CT molecular complexity index is 942. The Morgan fingerprint density at radius 3 is 2.59 bits per heavy atom. The maximum absolute atomic E-state index is 12.5. The van der Waals surface area contributed by atoms with Crippen molar-refractivity contribution in [3.05, 3.63) is 28.9 Å². The van der Waals surface area contributed by atoms with Gasteiger partial charge >= 0.3 is 12.1 Å². The fraction of sp³-hybridized carbons (Fsp3) is 0.450. The van der Waals surface area contributed by atoms with Crippen LogP contribution in [0.1, 0.15) is 27.2 Å². The molecule has 3 rings (SSSR count). The highest BCUT2D eigenvalue weighted by Gasteiger charge is 2.43. The number of pyridine rings is 1. The van der Waals surface area contributed by atoms with Gasteiger partial charge in [0.1, 0.15) is 23.5 Å². The van der Waals surface area contributed by atoms with Gasteiger partial charge in [-0.3, -0.25) is 4.90 Å². The molecule has 0 bridgehead atoms. The lowest BCUT2D eigenvalue weighted by Gasteiger charge is -2.26. The van der Waals surface area contributed by atoms with Crippen LogP contribution in [0.5, 0.6) is 11.6 Å². The molecule has 1 aromatic carbocycles. The summed E-state index contributed by atoms with van der Waals surface area (Å²) in [4.78, 5) is 29.6. The molecule has 0 radical (unpaired) electrons. The molecule has 1 saturated heterocycles. The first kappa shape index (κ1) is 21.2. The van der Waals surface area contributed by atoms with Crippen molar-refractivity contribution < 1.29 is 28.9 Å². The first-order valence-corrected chi connectivity index (χ1v) is 9.90. The molecule has 1 aliphatic heterocycles. The Morgan fingerprint density at radius 2 is 1.97 bits per heavy atom. The van der Waals surface area contributed by atoms with Crippen molar-refractivity contribution >= 4 is 38.8 Å². The van der Waals surface area contributed by atoms with Crippen molar-refractivity contribution in [3.8, 4) is 11.6 Å². The predicted molar refractivity (Wildman–Crippen MR) is 109 cm³/mol. The lowest BCUT2D eigenvalue weighted by molar-refractivity contribution is -0.142. The number of aliphatic carboxylic acids is 1. The Morgan fingerprint density at radius 1 is 1.24 bits per heavy atom. The predicted octanol–water partition coefficient (Wildman–Crippen LogP) is 3.85. The number of ether oxygens (including phenoxy) is 3. The molecule has 1 amide bonds. The van der Waals surface area contributed by atoms with Crippen LogP contribution in [-0.4, -0.2) is 58.5 Å². The van der Waals surface area contributed by atoms with E-state index in [-0.39, 0.29) is 13.0 Å². The summed E-state index contributed by atoms with van der Waals surface area (Å²) < 4.78 is 17.5. The summed E-state index contributed by atoms with van der Waals surface area (Å²) in [6.45, 7) is 5.30. The minimum absolute atomic E-state index is 0.0985. The summed E-state index contributed by atoms with van der Waals surface area (Å²) in [5, 5.41) is 11.1. The van der Waals surface area contributed by atoms with Crippen molar-refractivity contribution in [2.24, 2.45) is 0 Å². The lowest BCUT2D eigenvalue weighted by atomic mass is 10.1. The third-order valence-electron chi connectivity index (χ3n) is 4.48. The minimum Gasteiger partial charge on any atom is -0.496 e. The monoisotopic (exact) mass is 466 g/mol. The summed E-state index contributed by atoms with van der Waals surface area (Å²) in [6.07, 6.45) is 0.554. The number of fused-ring (bicyclic) bond motifs is 1. The van der Waals surface area contributed by atoms with E-state index >= 15 is 0 Å². The number of halogens is 1. The number of carboxylic acid groups (broad SMARTS) is 1. The van der Waals surface area contributed by atoms with Gasteiger partial charge in [-0.15, -0.1) is 0 Å². The van der Waals surface area contributed by atoms with Crippen molar-refractivity contribution in [2.75, 3.05) is 13.7 Å². The van der Waals surface area contributed by atoms with Crippen LogP contribution in [-0.2, 0) is 9.53 Å². The molecule has 8 nitrogen and oxygen atoms in total. The van der Waals surface area contributed by atoms with Gasteiger partial charge in [0, 0.05) is 23.4 Å². The Hall–Kier alpha value is -2.55. The molecule has 1 aromatic heterocycles. The van der Waals surface area contributed by atoms with Gasteiger partial charge in [-0.25, -0.2) is 14.6 Å². The zero-order valence-electron chi connectivity index (χ0n) is 16.6. The third-order valence-corrected chi connectivity index (χ3v) is 5.30. The molecule has 0 aliphatic carbocycles. The van der Waals surface area contributed by atoms with E-state index in [9.17, 15) is 14.7 Å². The van der Waals surface area contributed by atoms with E-state index in [0.717, 1.165) is 15.2 Å².